The number of ether oxygens (including phenoxy) is 1. The van der Waals surface area contributed by atoms with Gasteiger partial charge in [-0.15, -0.1) is 0 Å². The van der Waals surface area contributed by atoms with E-state index >= 15 is 0 Å². The summed E-state index contributed by atoms with van der Waals surface area (Å²) in [6, 6.07) is 12.8. The molecule has 2 aromatic carbocycles. The molecule has 0 aliphatic heterocycles. The monoisotopic (exact) mass is 402 g/mol. The highest BCUT2D eigenvalue weighted by molar-refractivity contribution is 6.01. The number of amides is 1. The van der Waals surface area contributed by atoms with Crippen LogP contribution in [-0.2, 0) is 20.5 Å². The van der Waals surface area contributed by atoms with Crippen LogP contribution in [0.25, 0.3) is 6.08 Å². The second-order valence-electron chi connectivity index (χ2n) is 6.20. The highest BCUT2D eigenvalue weighted by Crippen LogP contribution is 2.30. The maximum atomic E-state index is 12.7. The number of benzene rings is 2. The summed E-state index contributed by atoms with van der Waals surface area (Å²) in [4.78, 5) is 24.3. The Balaban J connectivity index is 2.05. The predicted octanol–water partition coefficient (Wildman–Crippen LogP) is 4.49. The smallest absolute Gasteiger partial charge is 0.416 e. The fourth-order valence-corrected chi connectivity index (χ4v) is 2.26. The number of rotatable bonds is 5. The van der Waals surface area contributed by atoms with E-state index in [0.29, 0.717) is 5.56 Å². The number of esters is 1. The Morgan fingerprint density at radius 1 is 1.17 bits per heavy atom. The maximum Gasteiger partial charge on any atom is 0.416 e. The van der Waals surface area contributed by atoms with Crippen LogP contribution in [0.4, 0.5) is 18.9 Å². The molecule has 0 aliphatic rings. The highest BCUT2D eigenvalue weighted by atomic mass is 19.4. The molecule has 1 atom stereocenters. The number of hydrogen-bond donors (Lipinski definition) is 1. The van der Waals surface area contributed by atoms with Gasteiger partial charge in [-0.1, -0.05) is 35.9 Å². The Bertz CT molecular complexity index is 974. The predicted molar refractivity (Wildman–Crippen MR) is 100 cm³/mol. The molecule has 0 heterocycles. The van der Waals surface area contributed by atoms with E-state index in [1.54, 1.807) is 30.3 Å². The van der Waals surface area contributed by atoms with Crippen molar-refractivity contribution in [1.29, 1.82) is 5.26 Å². The molecule has 0 unspecified atom stereocenters. The van der Waals surface area contributed by atoms with Crippen molar-refractivity contribution in [1.82, 2.24) is 0 Å². The highest BCUT2D eigenvalue weighted by Gasteiger charge is 2.30. The molecule has 0 radical (unpaired) electrons. The molecule has 0 spiro atoms. The lowest BCUT2D eigenvalue weighted by Crippen LogP contribution is -2.30. The second-order valence-corrected chi connectivity index (χ2v) is 6.20. The van der Waals surface area contributed by atoms with E-state index < -0.39 is 29.7 Å². The number of alkyl halides is 3. The molecule has 0 fully saturated rings. The Morgan fingerprint density at radius 2 is 1.83 bits per heavy atom. The number of carbonyl (C=O) groups excluding carboxylic acids is 2. The van der Waals surface area contributed by atoms with Gasteiger partial charge in [-0.3, -0.25) is 4.79 Å². The van der Waals surface area contributed by atoms with Crippen LogP contribution in [0.2, 0.25) is 0 Å². The van der Waals surface area contributed by atoms with Gasteiger partial charge in [0.15, 0.2) is 6.10 Å². The van der Waals surface area contributed by atoms with E-state index in [1.807, 2.05) is 6.92 Å². The molecule has 8 heteroatoms. The summed E-state index contributed by atoms with van der Waals surface area (Å²) in [6.45, 7) is 3.14. The van der Waals surface area contributed by atoms with E-state index in [9.17, 15) is 28.0 Å². The Kier molecular flexibility index (Phi) is 6.78. The van der Waals surface area contributed by atoms with Gasteiger partial charge < -0.3 is 10.1 Å². The molecule has 0 saturated heterocycles. The lowest BCUT2D eigenvalue weighted by molar-refractivity contribution is -0.148. The van der Waals surface area contributed by atoms with E-state index in [-0.39, 0.29) is 11.3 Å². The van der Waals surface area contributed by atoms with Crippen molar-refractivity contribution in [2.24, 2.45) is 0 Å². The molecule has 1 amide bonds. The van der Waals surface area contributed by atoms with Gasteiger partial charge in [0.25, 0.3) is 5.91 Å². The lowest BCUT2D eigenvalue weighted by Gasteiger charge is -2.14. The fraction of sp³-hybridized carbons (Fsp3) is 0.190. The Hall–Kier alpha value is -3.60. The van der Waals surface area contributed by atoms with E-state index in [4.69, 9.17) is 4.74 Å². The molecule has 0 saturated carbocycles. The van der Waals surface area contributed by atoms with Crippen molar-refractivity contribution in [2.75, 3.05) is 5.32 Å². The van der Waals surface area contributed by atoms with E-state index in [2.05, 4.69) is 5.32 Å². The van der Waals surface area contributed by atoms with Gasteiger partial charge in [-0.2, -0.15) is 18.4 Å². The van der Waals surface area contributed by atoms with Gasteiger partial charge in [0.05, 0.1) is 5.56 Å². The first kappa shape index (κ1) is 21.7. The first-order valence-electron chi connectivity index (χ1n) is 8.47. The van der Waals surface area contributed by atoms with Gasteiger partial charge in [0.2, 0.25) is 0 Å². The van der Waals surface area contributed by atoms with Gasteiger partial charge in [0.1, 0.15) is 11.6 Å². The molecule has 150 valence electrons. The fourth-order valence-electron chi connectivity index (χ4n) is 2.26. The minimum Gasteiger partial charge on any atom is -0.448 e. The van der Waals surface area contributed by atoms with Gasteiger partial charge >= 0.3 is 12.1 Å². The molecule has 0 aromatic heterocycles. The molecule has 2 aromatic rings. The minimum absolute atomic E-state index is 0.0940. The van der Waals surface area contributed by atoms with Crippen molar-refractivity contribution in [2.45, 2.75) is 26.1 Å². The third-order valence-corrected chi connectivity index (χ3v) is 3.84. The Morgan fingerprint density at radius 3 is 2.41 bits per heavy atom. The summed E-state index contributed by atoms with van der Waals surface area (Å²) >= 11 is 0. The van der Waals surface area contributed by atoms with Crippen LogP contribution < -0.4 is 5.32 Å². The molecule has 29 heavy (non-hydrogen) atoms. The molecule has 0 aliphatic carbocycles. The van der Waals surface area contributed by atoms with Crippen LogP contribution in [0.1, 0.15) is 23.6 Å². The third-order valence-electron chi connectivity index (χ3n) is 3.84. The van der Waals surface area contributed by atoms with Crippen LogP contribution in [0.15, 0.2) is 54.1 Å². The molecule has 0 bridgehead atoms. The van der Waals surface area contributed by atoms with Crippen LogP contribution >= 0.6 is 0 Å². The number of anilines is 1. The molecule has 1 N–H and O–H groups in total. The van der Waals surface area contributed by atoms with Gasteiger partial charge in [-0.25, -0.2) is 4.79 Å². The van der Waals surface area contributed by atoms with Gasteiger partial charge in [0, 0.05) is 5.69 Å². The molecular formula is C21H17F3N2O3. The van der Waals surface area contributed by atoms with Crippen molar-refractivity contribution >= 4 is 23.6 Å². The quantitative estimate of drug-likeness (QED) is 0.454. The summed E-state index contributed by atoms with van der Waals surface area (Å²) in [5.41, 5.74) is 0.275. The average molecular weight is 402 g/mol. The summed E-state index contributed by atoms with van der Waals surface area (Å²) < 4.78 is 43.2. The number of carbonyl (C=O) groups is 2. The minimum atomic E-state index is -4.55. The summed E-state index contributed by atoms with van der Waals surface area (Å²) in [7, 11) is 0. The average Bonchev–Trinajstić information content (AvgIpc) is 2.66. The van der Waals surface area contributed by atoms with Crippen molar-refractivity contribution in [3.05, 3.63) is 70.8 Å². The largest absolute Gasteiger partial charge is 0.448 e. The van der Waals surface area contributed by atoms with Crippen LogP contribution in [0.3, 0.4) is 0 Å². The SMILES string of the molecule is Cc1ccc(/C=C(\C#N)C(=O)O[C@H](C)C(=O)Nc2cccc(C(F)(F)F)c2)cc1. The normalized spacial score (nSPS) is 12.6. The van der Waals surface area contributed by atoms with Crippen molar-refractivity contribution in [3.8, 4) is 6.07 Å². The van der Waals surface area contributed by atoms with E-state index in [0.717, 1.165) is 23.8 Å². The van der Waals surface area contributed by atoms with Crippen molar-refractivity contribution in [3.63, 3.8) is 0 Å². The summed E-state index contributed by atoms with van der Waals surface area (Å²) in [6.07, 6.45) is -4.56. The number of nitrogens with zero attached hydrogens (tertiary/aromatic N) is 1. The maximum absolute atomic E-state index is 12.7. The standard InChI is InChI=1S/C21H17F3N2O3/c1-13-6-8-15(9-7-13)10-16(12-25)20(28)29-14(2)19(27)26-18-5-3-4-17(11-18)21(22,23)24/h3-11,14H,1-2H3,(H,26,27)/b16-10+/t14-/m1/s1. The zero-order valence-electron chi connectivity index (χ0n) is 15.6. The van der Waals surface area contributed by atoms with Crippen LogP contribution in [-0.4, -0.2) is 18.0 Å². The number of halogens is 3. The topological polar surface area (TPSA) is 79.2 Å². The first-order valence-corrected chi connectivity index (χ1v) is 8.47. The van der Waals surface area contributed by atoms with Crippen LogP contribution in [0.5, 0.6) is 0 Å². The van der Waals surface area contributed by atoms with E-state index in [1.165, 1.54) is 19.1 Å². The van der Waals surface area contributed by atoms with Gasteiger partial charge in [-0.05, 0) is 43.7 Å². The second kappa shape index (κ2) is 9.06. The van der Waals surface area contributed by atoms with Crippen LogP contribution in [0, 0.1) is 18.3 Å². The summed E-state index contributed by atoms with van der Waals surface area (Å²) in [5, 5.41) is 11.4. The number of hydrogen-bond acceptors (Lipinski definition) is 4. The molecule has 5 nitrogen and oxygen atoms in total. The zero-order chi connectivity index (χ0) is 21.6. The number of aryl methyl sites for hydroxylation is 1. The molecule has 2 rings (SSSR count). The number of nitrogens with one attached hydrogen (secondary N) is 1. The zero-order valence-corrected chi connectivity index (χ0v) is 15.6. The number of nitriles is 1. The third kappa shape index (κ3) is 6.21. The molecular weight excluding hydrogens is 385 g/mol. The Labute approximate surface area is 165 Å². The summed E-state index contributed by atoms with van der Waals surface area (Å²) in [5.74, 6) is -1.84. The first-order chi connectivity index (χ1) is 13.6. The van der Waals surface area contributed by atoms with Crippen molar-refractivity contribution < 1.29 is 27.5 Å². The lowest BCUT2D eigenvalue weighted by atomic mass is 10.1.